The molecule has 1 heterocycles. The first-order chi connectivity index (χ1) is 8.36. The van der Waals surface area contributed by atoms with Crippen molar-refractivity contribution in [3.63, 3.8) is 0 Å². The summed E-state index contributed by atoms with van der Waals surface area (Å²) in [6.07, 6.45) is 3.98. The minimum Gasteiger partial charge on any atom is -0.490 e. The molecule has 0 saturated heterocycles. The number of benzene rings is 1. The van der Waals surface area contributed by atoms with Gasteiger partial charge in [-0.2, -0.15) is 0 Å². The summed E-state index contributed by atoms with van der Waals surface area (Å²) in [6, 6.07) is 10.0. The Morgan fingerprint density at radius 1 is 1.29 bits per heavy atom. The summed E-state index contributed by atoms with van der Waals surface area (Å²) in [5, 5.41) is 1.08. The monoisotopic (exact) mass is 228 g/mol. The highest BCUT2D eigenvalue weighted by molar-refractivity contribution is 5.85. The molecule has 3 heteroatoms. The van der Waals surface area contributed by atoms with Crippen molar-refractivity contribution in [2.24, 2.45) is 5.73 Å². The van der Waals surface area contributed by atoms with Crippen molar-refractivity contribution in [1.29, 1.82) is 0 Å². The first kappa shape index (κ1) is 10.5. The lowest BCUT2D eigenvalue weighted by atomic mass is 9.96. The van der Waals surface area contributed by atoms with E-state index in [1.165, 1.54) is 6.42 Å². The molecule has 2 N–H and O–H groups in total. The van der Waals surface area contributed by atoms with Crippen molar-refractivity contribution >= 4 is 10.9 Å². The molecule has 0 spiro atoms. The average molecular weight is 228 g/mol. The topological polar surface area (TPSA) is 48.1 Å². The Morgan fingerprint density at radius 2 is 2.12 bits per heavy atom. The highest BCUT2D eigenvalue weighted by atomic mass is 16.5. The van der Waals surface area contributed by atoms with E-state index in [1.54, 1.807) is 0 Å². The van der Waals surface area contributed by atoms with Crippen molar-refractivity contribution in [1.82, 2.24) is 4.98 Å². The van der Waals surface area contributed by atoms with E-state index in [4.69, 9.17) is 10.5 Å². The standard InChI is InChI=1S/C14H16N2O/c15-9-10-8-14(17-11-4-3-5-11)12-6-1-2-7-13(12)16-10/h1-2,6-8,11H,3-5,9,15H2. The van der Waals surface area contributed by atoms with E-state index in [0.717, 1.165) is 35.2 Å². The molecule has 1 aromatic carbocycles. The van der Waals surface area contributed by atoms with Crippen LogP contribution in [0.4, 0.5) is 0 Å². The van der Waals surface area contributed by atoms with Crippen LogP contribution in [0.2, 0.25) is 0 Å². The second-order valence-corrected chi connectivity index (χ2v) is 4.50. The van der Waals surface area contributed by atoms with Crippen LogP contribution in [0.25, 0.3) is 10.9 Å². The molecule has 0 amide bonds. The zero-order valence-corrected chi connectivity index (χ0v) is 9.73. The molecule has 0 aliphatic heterocycles. The summed E-state index contributed by atoms with van der Waals surface area (Å²) in [5.41, 5.74) is 7.52. The van der Waals surface area contributed by atoms with Gasteiger partial charge in [-0.1, -0.05) is 12.1 Å². The lowest BCUT2D eigenvalue weighted by Gasteiger charge is -2.27. The third-order valence-corrected chi connectivity index (χ3v) is 3.29. The molecule has 0 unspecified atom stereocenters. The van der Waals surface area contributed by atoms with E-state index in [2.05, 4.69) is 11.1 Å². The summed E-state index contributed by atoms with van der Waals surface area (Å²) in [7, 11) is 0. The largest absolute Gasteiger partial charge is 0.490 e. The zero-order chi connectivity index (χ0) is 11.7. The summed E-state index contributed by atoms with van der Waals surface area (Å²) >= 11 is 0. The number of rotatable bonds is 3. The molecule has 17 heavy (non-hydrogen) atoms. The van der Waals surface area contributed by atoms with Gasteiger partial charge >= 0.3 is 0 Å². The normalized spacial score (nSPS) is 15.8. The molecule has 1 aromatic heterocycles. The van der Waals surface area contributed by atoms with Gasteiger partial charge < -0.3 is 10.5 Å². The van der Waals surface area contributed by atoms with Crippen LogP contribution in [-0.2, 0) is 6.54 Å². The summed E-state index contributed by atoms with van der Waals surface area (Å²) in [5.74, 6) is 0.931. The first-order valence-electron chi connectivity index (χ1n) is 6.12. The van der Waals surface area contributed by atoms with Crippen molar-refractivity contribution in [2.45, 2.75) is 31.9 Å². The molecule has 1 saturated carbocycles. The van der Waals surface area contributed by atoms with Gasteiger partial charge in [0.05, 0.1) is 17.3 Å². The second-order valence-electron chi connectivity index (χ2n) is 4.50. The van der Waals surface area contributed by atoms with Gasteiger partial charge in [0.15, 0.2) is 0 Å². The van der Waals surface area contributed by atoms with Crippen LogP contribution in [0.5, 0.6) is 5.75 Å². The fraction of sp³-hybridized carbons (Fsp3) is 0.357. The molecule has 0 radical (unpaired) electrons. The molecular weight excluding hydrogens is 212 g/mol. The van der Waals surface area contributed by atoms with E-state index in [9.17, 15) is 0 Å². The molecule has 0 bridgehead atoms. The van der Waals surface area contributed by atoms with Crippen LogP contribution in [0.1, 0.15) is 25.0 Å². The third kappa shape index (κ3) is 1.98. The number of fused-ring (bicyclic) bond motifs is 1. The van der Waals surface area contributed by atoms with E-state index in [1.807, 2.05) is 24.3 Å². The summed E-state index contributed by atoms with van der Waals surface area (Å²) < 4.78 is 6.01. The Kier molecular flexibility index (Phi) is 2.69. The number of nitrogens with two attached hydrogens (primary N) is 1. The maximum absolute atomic E-state index is 6.01. The van der Waals surface area contributed by atoms with E-state index in [0.29, 0.717) is 12.6 Å². The van der Waals surface area contributed by atoms with Crippen molar-refractivity contribution in [2.75, 3.05) is 0 Å². The number of nitrogens with zero attached hydrogens (tertiary/aromatic N) is 1. The number of hydrogen-bond acceptors (Lipinski definition) is 3. The molecular formula is C14H16N2O. The first-order valence-corrected chi connectivity index (χ1v) is 6.12. The molecule has 1 aliphatic carbocycles. The Bertz CT molecular complexity index is 535. The average Bonchev–Trinajstić information content (AvgIpc) is 2.33. The fourth-order valence-electron chi connectivity index (χ4n) is 2.07. The van der Waals surface area contributed by atoms with Crippen LogP contribution in [0, 0.1) is 0 Å². The number of para-hydroxylation sites is 1. The zero-order valence-electron chi connectivity index (χ0n) is 9.73. The van der Waals surface area contributed by atoms with Gasteiger partial charge in [-0.05, 0) is 31.4 Å². The van der Waals surface area contributed by atoms with Crippen LogP contribution in [0.15, 0.2) is 30.3 Å². The summed E-state index contributed by atoms with van der Waals surface area (Å²) in [6.45, 7) is 0.450. The van der Waals surface area contributed by atoms with Gasteiger partial charge in [0.2, 0.25) is 0 Å². The van der Waals surface area contributed by atoms with Crippen molar-refractivity contribution in [3.05, 3.63) is 36.0 Å². The van der Waals surface area contributed by atoms with E-state index in [-0.39, 0.29) is 0 Å². The van der Waals surface area contributed by atoms with Gasteiger partial charge in [-0.3, -0.25) is 4.98 Å². The van der Waals surface area contributed by atoms with E-state index >= 15 is 0 Å². The number of pyridine rings is 1. The van der Waals surface area contributed by atoms with Crippen LogP contribution in [-0.4, -0.2) is 11.1 Å². The predicted octanol–water partition coefficient (Wildman–Crippen LogP) is 2.62. The molecule has 0 atom stereocenters. The van der Waals surface area contributed by atoms with E-state index < -0.39 is 0 Å². The lowest BCUT2D eigenvalue weighted by Crippen LogP contribution is -2.24. The fourth-order valence-corrected chi connectivity index (χ4v) is 2.07. The minimum atomic E-state index is 0.381. The Hall–Kier alpha value is -1.61. The quantitative estimate of drug-likeness (QED) is 0.878. The lowest BCUT2D eigenvalue weighted by molar-refractivity contribution is 0.122. The number of hydrogen-bond donors (Lipinski definition) is 1. The van der Waals surface area contributed by atoms with Gasteiger partial charge in [-0.15, -0.1) is 0 Å². The Morgan fingerprint density at radius 3 is 2.82 bits per heavy atom. The maximum Gasteiger partial charge on any atom is 0.130 e. The van der Waals surface area contributed by atoms with Crippen molar-refractivity contribution in [3.8, 4) is 5.75 Å². The van der Waals surface area contributed by atoms with Crippen LogP contribution < -0.4 is 10.5 Å². The summed E-state index contributed by atoms with van der Waals surface area (Å²) in [4.78, 5) is 4.50. The predicted molar refractivity (Wildman–Crippen MR) is 67.9 cm³/mol. The molecule has 88 valence electrons. The molecule has 1 aliphatic rings. The molecule has 1 fully saturated rings. The van der Waals surface area contributed by atoms with Crippen LogP contribution in [0.3, 0.4) is 0 Å². The highest BCUT2D eigenvalue weighted by Crippen LogP contribution is 2.30. The third-order valence-electron chi connectivity index (χ3n) is 3.29. The second kappa shape index (κ2) is 4.34. The molecule has 3 rings (SSSR count). The smallest absolute Gasteiger partial charge is 0.130 e. The molecule has 2 aromatic rings. The van der Waals surface area contributed by atoms with Crippen molar-refractivity contribution < 1.29 is 4.74 Å². The van der Waals surface area contributed by atoms with Gasteiger partial charge in [-0.25, -0.2) is 0 Å². The van der Waals surface area contributed by atoms with Crippen LogP contribution >= 0.6 is 0 Å². The highest BCUT2D eigenvalue weighted by Gasteiger charge is 2.20. The Labute approximate surface area is 101 Å². The minimum absolute atomic E-state index is 0.381. The van der Waals surface area contributed by atoms with Gasteiger partial charge in [0, 0.05) is 18.0 Å². The number of aromatic nitrogens is 1. The van der Waals surface area contributed by atoms with Gasteiger partial charge in [0.1, 0.15) is 5.75 Å². The molecule has 3 nitrogen and oxygen atoms in total. The SMILES string of the molecule is NCc1cc(OC2CCC2)c2ccccc2n1. The number of ether oxygens (including phenoxy) is 1. The van der Waals surface area contributed by atoms with Gasteiger partial charge in [0.25, 0.3) is 0 Å². The maximum atomic E-state index is 6.01. The Balaban J connectivity index is 2.05.